The molecule has 1 aromatic carbocycles. The first-order valence-corrected chi connectivity index (χ1v) is 4.39. The van der Waals surface area contributed by atoms with Crippen LogP contribution in [-0.2, 0) is 0 Å². The Kier molecular flexibility index (Phi) is 1.86. The summed E-state index contributed by atoms with van der Waals surface area (Å²) in [6.45, 7) is 5.85. The molecule has 0 aliphatic carbocycles. The van der Waals surface area contributed by atoms with Gasteiger partial charge in [0.2, 0.25) is 0 Å². The minimum Gasteiger partial charge on any atom is -0.346 e. The van der Waals surface area contributed by atoms with Gasteiger partial charge in [-0.2, -0.15) is 5.26 Å². The molecule has 2 rings (SSSR count). The van der Waals surface area contributed by atoms with E-state index in [9.17, 15) is 0 Å². The van der Waals surface area contributed by atoms with Crippen LogP contribution in [0.5, 0.6) is 0 Å². The van der Waals surface area contributed by atoms with E-state index in [0.29, 0.717) is 5.69 Å². The standard InChI is InChI=1S/C12H10N2/c1-8(2)9-3-4-10-5-11(7-13)14-12(10)6-9/h3-6,14H,1H2,2H3. The van der Waals surface area contributed by atoms with Gasteiger partial charge in [0.25, 0.3) is 0 Å². The number of fused-ring (bicyclic) bond motifs is 1. The van der Waals surface area contributed by atoms with E-state index in [2.05, 4.69) is 17.6 Å². The SMILES string of the molecule is C=C(C)c1ccc2cc(C#N)[nH]c2c1. The van der Waals surface area contributed by atoms with E-state index < -0.39 is 0 Å². The lowest BCUT2D eigenvalue weighted by Gasteiger charge is -1.98. The van der Waals surface area contributed by atoms with Gasteiger partial charge in [-0.1, -0.05) is 24.3 Å². The van der Waals surface area contributed by atoms with Crippen LogP contribution in [-0.4, -0.2) is 4.98 Å². The van der Waals surface area contributed by atoms with Gasteiger partial charge in [0.1, 0.15) is 11.8 Å². The van der Waals surface area contributed by atoms with Crippen LogP contribution in [0.1, 0.15) is 18.2 Å². The third kappa shape index (κ3) is 1.29. The summed E-state index contributed by atoms with van der Waals surface area (Å²) in [6, 6.07) is 9.95. The zero-order chi connectivity index (χ0) is 10.1. The van der Waals surface area contributed by atoms with Crippen LogP contribution >= 0.6 is 0 Å². The fourth-order valence-corrected chi connectivity index (χ4v) is 1.45. The van der Waals surface area contributed by atoms with Crippen LogP contribution in [0.4, 0.5) is 0 Å². The Hall–Kier alpha value is -2.01. The molecule has 2 nitrogen and oxygen atoms in total. The van der Waals surface area contributed by atoms with Crippen molar-refractivity contribution in [2.75, 3.05) is 0 Å². The summed E-state index contributed by atoms with van der Waals surface area (Å²) >= 11 is 0. The molecule has 14 heavy (non-hydrogen) atoms. The molecule has 0 saturated carbocycles. The molecule has 0 spiro atoms. The minimum atomic E-state index is 0.596. The summed E-state index contributed by atoms with van der Waals surface area (Å²) in [5.74, 6) is 0. The van der Waals surface area contributed by atoms with Crippen LogP contribution in [0.2, 0.25) is 0 Å². The molecule has 2 heteroatoms. The van der Waals surface area contributed by atoms with E-state index >= 15 is 0 Å². The highest BCUT2D eigenvalue weighted by Crippen LogP contribution is 2.20. The van der Waals surface area contributed by atoms with Crippen LogP contribution < -0.4 is 0 Å². The molecule has 2 aromatic rings. The Morgan fingerprint density at radius 2 is 2.21 bits per heavy atom. The first-order chi connectivity index (χ1) is 6.70. The van der Waals surface area contributed by atoms with Gasteiger partial charge in [-0.15, -0.1) is 0 Å². The Morgan fingerprint density at radius 1 is 1.43 bits per heavy atom. The highest BCUT2D eigenvalue weighted by atomic mass is 14.7. The van der Waals surface area contributed by atoms with Gasteiger partial charge in [0.05, 0.1) is 0 Å². The second-order valence-electron chi connectivity index (χ2n) is 3.38. The topological polar surface area (TPSA) is 39.6 Å². The number of nitrogens with zero attached hydrogens (tertiary/aromatic N) is 1. The molecular weight excluding hydrogens is 172 g/mol. The van der Waals surface area contributed by atoms with Crippen molar-refractivity contribution in [3.8, 4) is 6.07 Å². The number of benzene rings is 1. The summed E-state index contributed by atoms with van der Waals surface area (Å²) in [5.41, 5.74) is 3.71. The van der Waals surface area contributed by atoms with Crippen LogP contribution in [0, 0.1) is 11.3 Å². The van der Waals surface area contributed by atoms with E-state index in [0.717, 1.165) is 22.0 Å². The molecule has 0 amide bonds. The van der Waals surface area contributed by atoms with Crippen molar-refractivity contribution in [3.05, 3.63) is 42.1 Å². The largest absolute Gasteiger partial charge is 0.346 e. The Morgan fingerprint density at radius 3 is 2.86 bits per heavy atom. The number of aromatic amines is 1. The number of H-pyrrole nitrogens is 1. The van der Waals surface area contributed by atoms with E-state index in [4.69, 9.17) is 5.26 Å². The minimum absolute atomic E-state index is 0.596. The van der Waals surface area contributed by atoms with Crippen molar-refractivity contribution >= 4 is 16.5 Å². The summed E-state index contributed by atoms with van der Waals surface area (Å²) in [4.78, 5) is 3.04. The van der Waals surface area contributed by atoms with Gasteiger partial charge in [0.15, 0.2) is 0 Å². The molecular formula is C12H10N2. The molecule has 1 heterocycles. The first-order valence-electron chi connectivity index (χ1n) is 4.39. The average molecular weight is 182 g/mol. The monoisotopic (exact) mass is 182 g/mol. The molecule has 0 aliphatic heterocycles. The maximum absolute atomic E-state index is 8.72. The van der Waals surface area contributed by atoms with Gasteiger partial charge in [0, 0.05) is 10.9 Å². The van der Waals surface area contributed by atoms with Crippen molar-refractivity contribution in [1.82, 2.24) is 4.98 Å². The maximum Gasteiger partial charge on any atom is 0.118 e. The molecule has 68 valence electrons. The number of nitriles is 1. The van der Waals surface area contributed by atoms with Gasteiger partial charge < -0.3 is 4.98 Å². The number of rotatable bonds is 1. The molecule has 0 atom stereocenters. The maximum atomic E-state index is 8.72. The summed E-state index contributed by atoms with van der Waals surface area (Å²) in [6.07, 6.45) is 0. The first kappa shape index (κ1) is 8.58. The Balaban J connectivity index is 2.66. The van der Waals surface area contributed by atoms with Crippen LogP contribution in [0.15, 0.2) is 30.8 Å². The zero-order valence-corrected chi connectivity index (χ0v) is 7.96. The summed E-state index contributed by atoms with van der Waals surface area (Å²) < 4.78 is 0. The predicted octanol–water partition coefficient (Wildman–Crippen LogP) is 3.07. The molecule has 0 fully saturated rings. The predicted molar refractivity (Wildman–Crippen MR) is 57.7 cm³/mol. The second kappa shape index (κ2) is 3.04. The Labute approximate surface area is 82.5 Å². The smallest absolute Gasteiger partial charge is 0.118 e. The number of hydrogen-bond donors (Lipinski definition) is 1. The fraction of sp³-hybridized carbons (Fsp3) is 0.0833. The van der Waals surface area contributed by atoms with Crippen molar-refractivity contribution in [2.24, 2.45) is 0 Å². The summed E-state index contributed by atoms with van der Waals surface area (Å²) in [5, 5.41) is 9.78. The Bertz CT molecular complexity index is 541. The van der Waals surface area contributed by atoms with E-state index in [1.165, 1.54) is 0 Å². The molecule has 1 N–H and O–H groups in total. The highest BCUT2D eigenvalue weighted by Gasteiger charge is 2.01. The number of nitrogens with one attached hydrogen (secondary N) is 1. The van der Waals surface area contributed by atoms with Gasteiger partial charge in [-0.3, -0.25) is 0 Å². The molecule has 0 radical (unpaired) electrons. The summed E-state index contributed by atoms with van der Waals surface area (Å²) in [7, 11) is 0. The zero-order valence-electron chi connectivity index (χ0n) is 7.96. The fourth-order valence-electron chi connectivity index (χ4n) is 1.45. The third-order valence-electron chi connectivity index (χ3n) is 2.24. The lowest BCUT2D eigenvalue weighted by atomic mass is 10.1. The average Bonchev–Trinajstić information content (AvgIpc) is 2.58. The lowest BCUT2D eigenvalue weighted by molar-refractivity contribution is 1.37. The van der Waals surface area contributed by atoms with E-state index in [-0.39, 0.29) is 0 Å². The van der Waals surface area contributed by atoms with Crippen molar-refractivity contribution in [1.29, 1.82) is 5.26 Å². The lowest BCUT2D eigenvalue weighted by Crippen LogP contribution is -1.77. The number of hydrogen-bond acceptors (Lipinski definition) is 1. The van der Waals surface area contributed by atoms with Crippen molar-refractivity contribution < 1.29 is 0 Å². The number of aromatic nitrogens is 1. The van der Waals surface area contributed by atoms with Gasteiger partial charge in [-0.25, -0.2) is 0 Å². The van der Waals surface area contributed by atoms with Gasteiger partial charge >= 0.3 is 0 Å². The van der Waals surface area contributed by atoms with Crippen molar-refractivity contribution in [2.45, 2.75) is 6.92 Å². The van der Waals surface area contributed by atoms with Crippen LogP contribution in [0.25, 0.3) is 16.5 Å². The molecule has 0 bridgehead atoms. The molecule has 1 aromatic heterocycles. The van der Waals surface area contributed by atoms with E-state index in [1.807, 2.05) is 31.2 Å². The van der Waals surface area contributed by atoms with Crippen molar-refractivity contribution in [3.63, 3.8) is 0 Å². The van der Waals surface area contributed by atoms with E-state index in [1.54, 1.807) is 0 Å². The molecule has 0 saturated heterocycles. The normalized spacial score (nSPS) is 10.0. The van der Waals surface area contributed by atoms with Gasteiger partial charge in [-0.05, 0) is 24.6 Å². The molecule has 0 unspecified atom stereocenters. The highest BCUT2D eigenvalue weighted by molar-refractivity contribution is 5.84. The quantitative estimate of drug-likeness (QED) is 0.723. The molecule has 0 aliphatic rings. The second-order valence-corrected chi connectivity index (χ2v) is 3.38. The van der Waals surface area contributed by atoms with Crippen LogP contribution in [0.3, 0.4) is 0 Å². The third-order valence-corrected chi connectivity index (χ3v) is 2.24. The number of allylic oxidation sites excluding steroid dienone is 1.